The summed E-state index contributed by atoms with van der Waals surface area (Å²) in [6.07, 6.45) is 0. The second-order valence-corrected chi connectivity index (χ2v) is 4.88. The SMILES string of the molecule is c1ccc2c(c1)CN[N+]1(NCc3ccccc3N1)N2. The minimum atomic E-state index is 0.272. The third-order valence-electron chi connectivity index (χ3n) is 3.62. The molecule has 0 radical (unpaired) electrons. The van der Waals surface area contributed by atoms with Crippen molar-refractivity contribution in [3.05, 3.63) is 59.7 Å². The largest absolute Gasteiger partial charge is 0.172 e. The lowest BCUT2D eigenvalue weighted by Crippen LogP contribution is -2.74. The highest BCUT2D eigenvalue weighted by atomic mass is 16.2. The van der Waals surface area contributed by atoms with Crippen LogP contribution in [0.5, 0.6) is 0 Å². The summed E-state index contributed by atoms with van der Waals surface area (Å²) in [5, 5.41) is 0. The molecule has 0 saturated carbocycles. The summed E-state index contributed by atoms with van der Waals surface area (Å²) >= 11 is 0. The van der Waals surface area contributed by atoms with Gasteiger partial charge in [0, 0.05) is 16.0 Å². The number of benzene rings is 2. The van der Waals surface area contributed by atoms with Gasteiger partial charge in [0.25, 0.3) is 0 Å². The first-order valence-electron chi connectivity index (χ1n) is 6.46. The fourth-order valence-corrected chi connectivity index (χ4v) is 2.58. The highest BCUT2D eigenvalue weighted by molar-refractivity contribution is 5.53. The third kappa shape index (κ3) is 1.76. The smallest absolute Gasteiger partial charge is 0.0969 e. The van der Waals surface area contributed by atoms with Crippen molar-refractivity contribution < 1.29 is 4.92 Å². The first-order valence-corrected chi connectivity index (χ1v) is 6.46. The second kappa shape index (κ2) is 3.96. The van der Waals surface area contributed by atoms with E-state index in [9.17, 15) is 0 Å². The summed E-state index contributed by atoms with van der Waals surface area (Å²) in [6.45, 7) is 1.62. The maximum Gasteiger partial charge on any atom is 0.0969 e. The molecule has 0 bridgehead atoms. The van der Waals surface area contributed by atoms with Crippen molar-refractivity contribution in [2.75, 3.05) is 10.9 Å². The Morgan fingerprint density at radius 1 is 0.684 bits per heavy atom. The number of quaternary nitrogens is 1. The van der Waals surface area contributed by atoms with Gasteiger partial charge in [-0.1, -0.05) is 47.2 Å². The average Bonchev–Trinajstić information content (AvgIpc) is 2.47. The third-order valence-corrected chi connectivity index (χ3v) is 3.62. The van der Waals surface area contributed by atoms with Crippen LogP contribution in [0.2, 0.25) is 0 Å². The Balaban J connectivity index is 1.68. The molecule has 5 heteroatoms. The zero-order chi connectivity index (χ0) is 12.7. The Morgan fingerprint density at radius 3 is 1.68 bits per heavy atom. The van der Waals surface area contributed by atoms with Gasteiger partial charge in [0.05, 0.1) is 24.5 Å². The van der Waals surface area contributed by atoms with Crippen LogP contribution in [0.1, 0.15) is 11.1 Å². The van der Waals surface area contributed by atoms with Crippen LogP contribution in [0, 0.1) is 0 Å². The minimum Gasteiger partial charge on any atom is -0.172 e. The van der Waals surface area contributed by atoms with Crippen LogP contribution in [-0.4, -0.2) is 4.92 Å². The maximum absolute atomic E-state index is 3.46. The van der Waals surface area contributed by atoms with Crippen LogP contribution >= 0.6 is 0 Å². The molecule has 4 rings (SSSR count). The predicted molar refractivity (Wildman–Crippen MR) is 74.1 cm³/mol. The normalized spacial score (nSPS) is 18.9. The molecule has 19 heavy (non-hydrogen) atoms. The molecule has 2 aliphatic rings. The van der Waals surface area contributed by atoms with Crippen LogP contribution in [0.4, 0.5) is 11.4 Å². The van der Waals surface area contributed by atoms with Crippen LogP contribution in [0.25, 0.3) is 0 Å². The van der Waals surface area contributed by atoms with Gasteiger partial charge in [0.1, 0.15) is 0 Å². The molecule has 0 aromatic heterocycles. The summed E-state index contributed by atoms with van der Waals surface area (Å²) in [5.74, 6) is 0. The van der Waals surface area contributed by atoms with Crippen molar-refractivity contribution in [1.82, 2.24) is 10.9 Å². The number of nitrogens with zero attached hydrogens (tertiary/aromatic N) is 1. The quantitative estimate of drug-likeness (QED) is 0.542. The monoisotopic (exact) mass is 254 g/mol. The van der Waals surface area contributed by atoms with Crippen LogP contribution < -0.4 is 21.7 Å². The van der Waals surface area contributed by atoms with Crippen LogP contribution in [-0.2, 0) is 13.1 Å². The molecule has 96 valence electrons. The first-order chi connectivity index (χ1) is 9.35. The molecule has 2 aliphatic heterocycles. The highest BCUT2D eigenvalue weighted by Gasteiger charge is 2.37. The molecule has 0 fully saturated rings. The summed E-state index contributed by atoms with van der Waals surface area (Å²) in [4.78, 5) is 0.272. The molecule has 0 aliphatic carbocycles. The number of para-hydroxylation sites is 2. The van der Waals surface area contributed by atoms with Gasteiger partial charge in [-0.05, 0) is 12.1 Å². The lowest BCUT2D eigenvalue weighted by atomic mass is 10.1. The van der Waals surface area contributed by atoms with E-state index in [1.165, 1.54) is 11.1 Å². The van der Waals surface area contributed by atoms with Gasteiger partial charge < -0.3 is 0 Å². The van der Waals surface area contributed by atoms with Crippen molar-refractivity contribution >= 4 is 11.4 Å². The summed E-state index contributed by atoms with van der Waals surface area (Å²) in [7, 11) is 0. The summed E-state index contributed by atoms with van der Waals surface area (Å²) in [5.41, 5.74) is 18.6. The van der Waals surface area contributed by atoms with E-state index < -0.39 is 0 Å². The molecular weight excluding hydrogens is 238 g/mol. The van der Waals surface area contributed by atoms with Gasteiger partial charge in [-0.15, -0.1) is 0 Å². The Bertz CT molecular complexity index is 569. The molecule has 0 unspecified atom stereocenters. The van der Waals surface area contributed by atoms with Gasteiger partial charge in [0.2, 0.25) is 0 Å². The van der Waals surface area contributed by atoms with Gasteiger partial charge >= 0.3 is 0 Å². The molecule has 4 N–H and O–H groups in total. The Morgan fingerprint density at radius 2 is 1.16 bits per heavy atom. The average molecular weight is 254 g/mol. The molecule has 5 nitrogen and oxygen atoms in total. The Kier molecular flexibility index (Phi) is 2.25. The predicted octanol–water partition coefficient (Wildman–Crippen LogP) is 1.89. The number of nitrogens with one attached hydrogen (secondary N) is 4. The lowest BCUT2D eigenvalue weighted by molar-refractivity contribution is -0.978. The fourth-order valence-electron chi connectivity index (χ4n) is 2.58. The van der Waals surface area contributed by atoms with Crippen molar-refractivity contribution in [3.63, 3.8) is 0 Å². The molecular formula is C14H16N5+. The van der Waals surface area contributed by atoms with Crippen molar-refractivity contribution in [2.45, 2.75) is 13.1 Å². The first kappa shape index (κ1) is 10.8. The Hall–Kier alpha value is -2.08. The zero-order valence-electron chi connectivity index (χ0n) is 10.5. The maximum atomic E-state index is 3.46. The number of hydrogen-bond donors (Lipinski definition) is 4. The summed E-state index contributed by atoms with van der Waals surface area (Å²) in [6, 6.07) is 16.7. The molecule has 0 amide bonds. The van der Waals surface area contributed by atoms with Crippen LogP contribution in [0.15, 0.2) is 48.5 Å². The second-order valence-electron chi connectivity index (χ2n) is 4.88. The van der Waals surface area contributed by atoms with E-state index in [0.717, 1.165) is 24.5 Å². The van der Waals surface area contributed by atoms with Gasteiger partial charge in [-0.2, -0.15) is 10.9 Å². The number of rotatable bonds is 0. The molecule has 0 saturated heterocycles. The molecule has 0 atom stereocenters. The van der Waals surface area contributed by atoms with E-state index in [1.54, 1.807) is 0 Å². The number of anilines is 2. The van der Waals surface area contributed by atoms with Crippen molar-refractivity contribution in [2.24, 2.45) is 0 Å². The Labute approximate surface area is 111 Å². The number of hydrogen-bond acceptors (Lipinski definition) is 4. The van der Waals surface area contributed by atoms with Gasteiger partial charge in [-0.25, -0.2) is 0 Å². The molecule has 2 aromatic rings. The van der Waals surface area contributed by atoms with E-state index in [-0.39, 0.29) is 4.92 Å². The lowest BCUT2D eigenvalue weighted by Gasteiger charge is -2.42. The zero-order valence-corrected chi connectivity index (χ0v) is 10.5. The van der Waals surface area contributed by atoms with E-state index in [1.807, 2.05) is 12.1 Å². The summed E-state index contributed by atoms with van der Waals surface area (Å²) < 4.78 is 0. The molecule has 2 aromatic carbocycles. The van der Waals surface area contributed by atoms with Crippen molar-refractivity contribution in [3.8, 4) is 0 Å². The van der Waals surface area contributed by atoms with E-state index in [0.29, 0.717) is 0 Å². The van der Waals surface area contributed by atoms with Crippen molar-refractivity contribution in [1.29, 1.82) is 0 Å². The van der Waals surface area contributed by atoms with E-state index in [4.69, 9.17) is 0 Å². The molecule has 2 heterocycles. The standard InChI is InChI=1S/C14H16N5/c1-3-7-13-11(5-1)9-15-19(17-13)16-10-12-6-2-4-8-14(12)18-19/h1-8,15-18H,9-10H2/q+1. The fraction of sp³-hybridized carbons (Fsp3) is 0.143. The van der Waals surface area contributed by atoms with Crippen LogP contribution in [0.3, 0.4) is 0 Å². The van der Waals surface area contributed by atoms with Gasteiger partial charge in [0.15, 0.2) is 0 Å². The topological polar surface area (TPSA) is 48.1 Å². The molecule has 1 spiro atoms. The van der Waals surface area contributed by atoms with E-state index >= 15 is 0 Å². The number of fused-ring (bicyclic) bond motifs is 2. The van der Waals surface area contributed by atoms with E-state index in [2.05, 4.69) is 58.1 Å². The van der Waals surface area contributed by atoms with Gasteiger partial charge in [-0.3, -0.25) is 0 Å². The minimum absolute atomic E-state index is 0.272. The highest BCUT2D eigenvalue weighted by Crippen LogP contribution is 2.27.